The maximum absolute atomic E-state index is 5.57. The molecule has 1 aromatic carbocycles. The smallest absolute Gasteiger partial charge is 0.0598 e. The molecule has 3 nitrogen and oxygen atoms in total. The summed E-state index contributed by atoms with van der Waals surface area (Å²) < 4.78 is 6.74. The Labute approximate surface area is 123 Å². The maximum atomic E-state index is 5.57. The SMILES string of the molecule is Cc1ccc(Br)cc1C1(CN2CCNCC2)COC1. The molecular weight excluding hydrogens is 304 g/mol. The summed E-state index contributed by atoms with van der Waals surface area (Å²) in [6.45, 7) is 9.54. The zero-order valence-electron chi connectivity index (χ0n) is 11.4. The zero-order valence-corrected chi connectivity index (χ0v) is 13.0. The molecule has 104 valence electrons. The standard InChI is InChI=1S/C15H21BrN2O/c1-12-2-3-13(16)8-14(12)15(10-19-11-15)9-18-6-4-17-5-7-18/h2-3,8,17H,4-7,9-11H2,1H3. The number of nitrogens with zero attached hydrogens (tertiary/aromatic N) is 1. The van der Waals surface area contributed by atoms with Crippen molar-refractivity contribution in [2.45, 2.75) is 12.3 Å². The minimum absolute atomic E-state index is 0.200. The molecule has 0 saturated carbocycles. The molecule has 0 spiro atoms. The molecule has 3 rings (SSSR count). The fourth-order valence-electron chi connectivity index (χ4n) is 3.14. The highest BCUT2D eigenvalue weighted by Gasteiger charge is 2.42. The number of aryl methyl sites for hydroxylation is 1. The summed E-state index contributed by atoms with van der Waals surface area (Å²) in [5, 5.41) is 3.42. The highest BCUT2D eigenvalue weighted by atomic mass is 79.9. The van der Waals surface area contributed by atoms with Crippen molar-refractivity contribution in [1.29, 1.82) is 0 Å². The van der Waals surface area contributed by atoms with Crippen LogP contribution in [-0.2, 0) is 10.2 Å². The lowest BCUT2D eigenvalue weighted by Crippen LogP contribution is -2.57. The number of benzene rings is 1. The second kappa shape index (κ2) is 5.52. The van der Waals surface area contributed by atoms with Gasteiger partial charge in [0.2, 0.25) is 0 Å². The number of rotatable bonds is 3. The Bertz CT molecular complexity index is 453. The molecule has 2 aliphatic heterocycles. The average molecular weight is 325 g/mol. The number of halogens is 1. The van der Waals surface area contributed by atoms with E-state index in [1.807, 2.05) is 0 Å². The number of nitrogens with one attached hydrogen (secondary N) is 1. The Balaban J connectivity index is 1.83. The van der Waals surface area contributed by atoms with E-state index in [0.717, 1.165) is 45.9 Å². The summed E-state index contributed by atoms with van der Waals surface area (Å²) >= 11 is 3.60. The largest absolute Gasteiger partial charge is 0.379 e. The predicted octanol–water partition coefficient (Wildman–Crippen LogP) is 1.93. The lowest BCUT2D eigenvalue weighted by molar-refractivity contribution is -0.0759. The highest BCUT2D eigenvalue weighted by Crippen LogP contribution is 2.36. The van der Waals surface area contributed by atoms with Gasteiger partial charge in [0.25, 0.3) is 0 Å². The molecule has 0 unspecified atom stereocenters. The summed E-state index contributed by atoms with van der Waals surface area (Å²) in [7, 11) is 0. The van der Waals surface area contributed by atoms with Crippen molar-refractivity contribution in [2.24, 2.45) is 0 Å². The Hall–Kier alpha value is -0.420. The third-order valence-corrected chi connectivity index (χ3v) is 4.76. The fraction of sp³-hybridized carbons (Fsp3) is 0.600. The van der Waals surface area contributed by atoms with Gasteiger partial charge in [-0.25, -0.2) is 0 Å². The molecule has 2 aliphatic rings. The Morgan fingerprint density at radius 1 is 1.32 bits per heavy atom. The summed E-state index contributed by atoms with van der Waals surface area (Å²) in [6.07, 6.45) is 0. The van der Waals surface area contributed by atoms with Crippen LogP contribution >= 0.6 is 15.9 Å². The number of hydrogen-bond donors (Lipinski definition) is 1. The number of hydrogen-bond acceptors (Lipinski definition) is 3. The van der Waals surface area contributed by atoms with Crippen LogP contribution < -0.4 is 5.32 Å². The van der Waals surface area contributed by atoms with Gasteiger partial charge in [-0.3, -0.25) is 4.90 Å². The molecule has 0 amide bonds. The van der Waals surface area contributed by atoms with E-state index in [4.69, 9.17) is 4.74 Å². The number of ether oxygens (including phenoxy) is 1. The quantitative estimate of drug-likeness (QED) is 0.919. The Morgan fingerprint density at radius 3 is 2.68 bits per heavy atom. The molecule has 0 radical (unpaired) electrons. The van der Waals surface area contributed by atoms with Crippen molar-refractivity contribution in [3.8, 4) is 0 Å². The van der Waals surface area contributed by atoms with Crippen LogP contribution in [0, 0.1) is 6.92 Å². The van der Waals surface area contributed by atoms with E-state index in [9.17, 15) is 0 Å². The second-order valence-corrected chi connectivity index (χ2v) is 6.67. The van der Waals surface area contributed by atoms with Crippen LogP contribution in [0.2, 0.25) is 0 Å². The first-order valence-corrected chi connectivity index (χ1v) is 7.76. The van der Waals surface area contributed by atoms with E-state index in [0.29, 0.717) is 0 Å². The molecule has 0 bridgehead atoms. The predicted molar refractivity (Wildman–Crippen MR) is 80.7 cm³/mol. The summed E-state index contributed by atoms with van der Waals surface area (Å²) in [5.74, 6) is 0. The normalized spacial score (nSPS) is 23.1. The molecule has 2 saturated heterocycles. The first-order valence-electron chi connectivity index (χ1n) is 6.97. The maximum Gasteiger partial charge on any atom is 0.0598 e. The van der Waals surface area contributed by atoms with Crippen molar-refractivity contribution in [2.75, 3.05) is 45.9 Å². The van der Waals surface area contributed by atoms with Crippen molar-refractivity contribution >= 4 is 15.9 Å². The van der Waals surface area contributed by atoms with Gasteiger partial charge in [-0.2, -0.15) is 0 Å². The third kappa shape index (κ3) is 2.72. The molecule has 0 aliphatic carbocycles. The zero-order chi connectivity index (χ0) is 13.3. The van der Waals surface area contributed by atoms with Crippen LogP contribution in [-0.4, -0.2) is 50.8 Å². The second-order valence-electron chi connectivity index (χ2n) is 5.76. The summed E-state index contributed by atoms with van der Waals surface area (Å²) in [5.41, 5.74) is 3.03. The molecule has 2 heterocycles. The van der Waals surface area contributed by atoms with Crippen LogP contribution in [0.5, 0.6) is 0 Å². The monoisotopic (exact) mass is 324 g/mol. The lowest BCUT2D eigenvalue weighted by atomic mass is 9.76. The van der Waals surface area contributed by atoms with Gasteiger partial charge in [-0.1, -0.05) is 22.0 Å². The Kier molecular flexibility index (Phi) is 3.94. The van der Waals surface area contributed by atoms with E-state index in [2.05, 4.69) is 51.3 Å². The average Bonchev–Trinajstić information content (AvgIpc) is 2.38. The van der Waals surface area contributed by atoms with Gasteiger partial charge < -0.3 is 10.1 Å². The first-order chi connectivity index (χ1) is 9.20. The van der Waals surface area contributed by atoms with E-state index in [1.54, 1.807) is 0 Å². The molecular formula is C15H21BrN2O. The van der Waals surface area contributed by atoms with Crippen molar-refractivity contribution in [3.63, 3.8) is 0 Å². The van der Waals surface area contributed by atoms with Crippen LogP contribution in [0.1, 0.15) is 11.1 Å². The third-order valence-electron chi connectivity index (χ3n) is 4.26. The molecule has 0 atom stereocenters. The van der Waals surface area contributed by atoms with E-state index < -0.39 is 0 Å². The summed E-state index contributed by atoms with van der Waals surface area (Å²) in [6, 6.07) is 6.61. The van der Waals surface area contributed by atoms with Gasteiger partial charge in [-0.05, 0) is 30.2 Å². The van der Waals surface area contributed by atoms with E-state index in [1.165, 1.54) is 15.6 Å². The van der Waals surface area contributed by atoms with Crippen molar-refractivity contribution < 1.29 is 4.74 Å². The lowest BCUT2D eigenvalue weighted by Gasteiger charge is -2.46. The molecule has 0 aromatic heterocycles. The van der Waals surface area contributed by atoms with Crippen LogP contribution in [0.4, 0.5) is 0 Å². The van der Waals surface area contributed by atoms with Gasteiger partial charge in [0.15, 0.2) is 0 Å². The van der Waals surface area contributed by atoms with Gasteiger partial charge >= 0.3 is 0 Å². The molecule has 1 aromatic rings. The van der Waals surface area contributed by atoms with Crippen molar-refractivity contribution in [1.82, 2.24) is 10.2 Å². The molecule has 4 heteroatoms. The minimum atomic E-state index is 0.200. The van der Waals surface area contributed by atoms with E-state index >= 15 is 0 Å². The number of piperazine rings is 1. The van der Waals surface area contributed by atoms with Gasteiger partial charge in [0, 0.05) is 37.2 Å². The topological polar surface area (TPSA) is 24.5 Å². The minimum Gasteiger partial charge on any atom is -0.379 e. The molecule has 2 fully saturated rings. The Morgan fingerprint density at radius 2 is 2.05 bits per heavy atom. The van der Waals surface area contributed by atoms with E-state index in [-0.39, 0.29) is 5.41 Å². The van der Waals surface area contributed by atoms with Gasteiger partial charge in [0.05, 0.1) is 18.6 Å². The van der Waals surface area contributed by atoms with Crippen molar-refractivity contribution in [3.05, 3.63) is 33.8 Å². The van der Waals surface area contributed by atoms with Crippen LogP contribution in [0.25, 0.3) is 0 Å². The fourth-order valence-corrected chi connectivity index (χ4v) is 3.50. The first kappa shape index (κ1) is 13.6. The van der Waals surface area contributed by atoms with Crippen LogP contribution in [0.15, 0.2) is 22.7 Å². The molecule has 1 N–H and O–H groups in total. The highest BCUT2D eigenvalue weighted by molar-refractivity contribution is 9.10. The van der Waals surface area contributed by atoms with Gasteiger partial charge in [-0.15, -0.1) is 0 Å². The summed E-state index contributed by atoms with van der Waals surface area (Å²) in [4.78, 5) is 2.57. The van der Waals surface area contributed by atoms with Crippen LogP contribution in [0.3, 0.4) is 0 Å². The van der Waals surface area contributed by atoms with Gasteiger partial charge in [0.1, 0.15) is 0 Å². The molecule has 19 heavy (non-hydrogen) atoms.